The zero-order chi connectivity index (χ0) is 19.1. The molecular formula is C22H27N5O. The maximum atomic E-state index is 11.7. The molecule has 0 bridgehead atoms. The second-order valence-corrected chi connectivity index (χ2v) is 8.40. The van der Waals surface area contributed by atoms with Gasteiger partial charge in [-0.2, -0.15) is 0 Å². The number of fused-ring (bicyclic) bond motifs is 3. The Morgan fingerprint density at radius 2 is 2.11 bits per heavy atom. The number of aromatic amines is 1. The van der Waals surface area contributed by atoms with Gasteiger partial charge in [0.1, 0.15) is 5.65 Å². The largest absolute Gasteiger partial charge is 0.371 e. The Balaban J connectivity index is 1.55. The lowest BCUT2D eigenvalue weighted by molar-refractivity contribution is -0.124. The summed E-state index contributed by atoms with van der Waals surface area (Å²) in [5.41, 5.74) is 3.10. The zero-order valence-corrected chi connectivity index (χ0v) is 16.4. The van der Waals surface area contributed by atoms with E-state index in [4.69, 9.17) is 0 Å². The van der Waals surface area contributed by atoms with Crippen molar-refractivity contribution in [1.82, 2.24) is 19.9 Å². The molecule has 2 fully saturated rings. The molecule has 1 saturated heterocycles. The van der Waals surface area contributed by atoms with Gasteiger partial charge >= 0.3 is 0 Å². The van der Waals surface area contributed by atoms with E-state index in [1.54, 1.807) is 0 Å². The molecule has 28 heavy (non-hydrogen) atoms. The number of rotatable bonds is 4. The number of carbonyl (C=O) groups is 1. The normalized spacial score (nSPS) is 22.0. The summed E-state index contributed by atoms with van der Waals surface area (Å²) in [4.78, 5) is 28.5. The van der Waals surface area contributed by atoms with Gasteiger partial charge in [0.15, 0.2) is 0 Å². The molecule has 0 aromatic carbocycles. The zero-order valence-electron chi connectivity index (χ0n) is 16.4. The number of hydrogen-bond donors (Lipinski definition) is 1. The first-order valence-corrected chi connectivity index (χ1v) is 10.4. The molecule has 5 rings (SSSR count). The standard InChI is InChI=1S/C22H27N5O/c1-26(15-28)22(8-2-3-9-22)16-5-4-12-27(14-16)19-7-11-23-18-13-25-21-17(20(18)19)6-10-24-21/h6-7,10-11,13,15-16H,2-5,8-9,12,14H2,1H3,(H,24,25). The number of carbonyl (C=O) groups excluding carboxylic acids is 1. The van der Waals surface area contributed by atoms with E-state index in [0.717, 1.165) is 55.3 Å². The maximum Gasteiger partial charge on any atom is 0.209 e. The smallest absolute Gasteiger partial charge is 0.209 e. The van der Waals surface area contributed by atoms with Crippen molar-refractivity contribution < 1.29 is 4.79 Å². The molecule has 1 aliphatic carbocycles. The predicted octanol–water partition coefficient (Wildman–Crippen LogP) is 3.73. The van der Waals surface area contributed by atoms with Crippen LogP contribution in [0.4, 0.5) is 5.69 Å². The Hall–Kier alpha value is -2.63. The van der Waals surface area contributed by atoms with Crippen LogP contribution in [-0.2, 0) is 4.79 Å². The Labute approximate surface area is 164 Å². The molecule has 6 heteroatoms. The highest BCUT2D eigenvalue weighted by Gasteiger charge is 2.45. The Bertz CT molecular complexity index is 1010. The number of H-pyrrole nitrogens is 1. The van der Waals surface area contributed by atoms with Crippen LogP contribution in [0.3, 0.4) is 0 Å². The molecule has 1 unspecified atom stereocenters. The second-order valence-electron chi connectivity index (χ2n) is 8.40. The maximum absolute atomic E-state index is 11.7. The first kappa shape index (κ1) is 17.5. The van der Waals surface area contributed by atoms with Gasteiger partial charge in [-0.1, -0.05) is 12.8 Å². The first-order valence-electron chi connectivity index (χ1n) is 10.4. The van der Waals surface area contributed by atoms with Crippen molar-refractivity contribution in [2.75, 3.05) is 25.0 Å². The minimum Gasteiger partial charge on any atom is -0.371 e. The fraction of sp³-hybridized carbons (Fsp3) is 0.500. The second kappa shape index (κ2) is 6.76. The molecule has 3 aromatic rings. The third kappa shape index (κ3) is 2.58. The average molecular weight is 377 g/mol. The number of pyridine rings is 2. The van der Waals surface area contributed by atoms with Crippen molar-refractivity contribution in [1.29, 1.82) is 0 Å². The number of nitrogens with zero attached hydrogens (tertiary/aromatic N) is 4. The molecule has 3 aromatic heterocycles. The minimum absolute atomic E-state index is 0.0220. The quantitative estimate of drug-likeness (QED) is 0.704. The van der Waals surface area contributed by atoms with E-state index in [1.165, 1.54) is 30.3 Å². The predicted molar refractivity (Wildman–Crippen MR) is 111 cm³/mol. The Morgan fingerprint density at radius 3 is 2.93 bits per heavy atom. The number of anilines is 1. The van der Waals surface area contributed by atoms with E-state index >= 15 is 0 Å². The number of amides is 1. The van der Waals surface area contributed by atoms with Crippen LogP contribution in [0.25, 0.3) is 21.9 Å². The van der Waals surface area contributed by atoms with Crippen LogP contribution in [-0.4, -0.2) is 51.9 Å². The summed E-state index contributed by atoms with van der Waals surface area (Å²) in [5.74, 6) is 0.505. The van der Waals surface area contributed by atoms with Crippen LogP contribution in [0, 0.1) is 5.92 Å². The van der Waals surface area contributed by atoms with Crippen LogP contribution in [0.1, 0.15) is 38.5 Å². The van der Waals surface area contributed by atoms with Crippen LogP contribution >= 0.6 is 0 Å². The van der Waals surface area contributed by atoms with E-state index in [9.17, 15) is 4.79 Å². The SMILES string of the molecule is CN(C=O)C1(C2CCCN(c3ccnc4cnc5[nH]ccc5c34)C2)CCCC1. The third-order valence-corrected chi connectivity index (χ3v) is 7.12. The molecule has 0 radical (unpaired) electrons. The van der Waals surface area contributed by atoms with Gasteiger partial charge in [0.25, 0.3) is 0 Å². The number of aromatic nitrogens is 3. The van der Waals surface area contributed by atoms with Gasteiger partial charge in [0.2, 0.25) is 6.41 Å². The van der Waals surface area contributed by atoms with Crippen molar-refractivity contribution in [3.63, 3.8) is 0 Å². The summed E-state index contributed by atoms with van der Waals surface area (Å²) in [6.45, 7) is 2.04. The molecule has 1 amide bonds. The lowest BCUT2D eigenvalue weighted by Crippen LogP contribution is -2.55. The number of hydrogen-bond acceptors (Lipinski definition) is 4. The summed E-state index contributed by atoms with van der Waals surface area (Å²) in [6.07, 6.45) is 13.8. The first-order chi connectivity index (χ1) is 13.7. The van der Waals surface area contributed by atoms with E-state index in [0.29, 0.717) is 5.92 Å². The monoisotopic (exact) mass is 377 g/mol. The molecule has 6 nitrogen and oxygen atoms in total. The van der Waals surface area contributed by atoms with Gasteiger partial charge < -0.3 is 14.8 Å². The highest BCUT2D eigenvalue weighted by molar-refractivity contribution is 6.09. The van der Waals surface area contributed by atoms with E-state index in [2.05, 4.69) is 32.0 Å². The summed E-state index contributed by atoms with van der Waals surface area (Å²) >= 11 is 0. The van der Waals surface area contributed by atoms with Crippen LogP contribution < -0.4 is 4.90 Å². The molecule has 146 valence electrons. The van der Waals surface area contributed by atoms with Gasteiger partial charge in [-0.25, -0.2) is 4.98 Å². The van der Waals surface area contributed by atoms with E-state index < -0.39 is 0 Å². The van der Waals surface area contributed by atoms with Gasteiger partial charge in [-0.3, -0.25) is 9.78 Å². The minimum atomic E-state index is 0.0220. The molecule has 4 heterocycles. The Kier molecular flexibility index (Phi) is 4.22. The highest BCUT2D eigenvalue weighted by atomic mass is 16.1. The fourth-order valence-corrected chi connectivity index (χ4v) is 5.68. The summed E-state index contributed by atoms with van der Waals surface area (Å²) in [5, 5.41) is 2.31. The van der Waals surface area contributed by atoms with Crippen molar-refractivity contribution >= 4 is 34.0 Å². The topological polar surface area (TPSA) is 65.1 Å². The van der Waals surface area contributed by atoms with Crippen LogP contribution in [0.5, 0.6) is 0 Å². The molecule has 1 atom stereocenters. The fourth-order valence-electron chi connectivity index (χ4n) is 5.68. The van der Waals surface area contributed by atoms with E-state index in [-0.39, 0.29) is 5.54 Å². The van der Waals surface area contributed by atoms with Crippen molar-refractivity contribution in [3.05, 3.63) is 30.7 Å². The molecule has 0 spiro atoms. The van der Waals surface area contributed by atoms with Crippen LogP contribution in [0.15, 0.2) is 30.7 Å². The number of piperidine rings is 1. The number of nitrogens with one attached hydrogen (secondary N) is 1. The average Bonchev–Trinajstić information content (AvgIpc) is 3.43. The summed E-state index contributed by atoms with van der Waals surface area (Å²) in [6, 6.07) is 4.23. The lowest BCUT2D eigenvalue weighted by atomic mass is 9.76. The molecule has 1 aliphatic heterocycles. The van der Waals surface area contributed by atoms with Gasteiger partial charge in [0, 0.05) is 54.5 Å². The van der Waals surface area contributed by atoms with E-state index in [1.807, 2.05) is 30.5 Å². The van der Waals surface area contributed by atoms with Gasteiger partial charge in [-0.15, -0.1) is 0 Å². The van der Waals surface area contributed by atoms with Gasteiger partial charge in [0.05, 0.1) is 11.7 Å². The summed E-state index contributed by atoms with van der Waals surface area (Å²) in [7, 11) is 1.98. The Morgan fingerprint density at radius 1 is 1.25 bits per heavy atom. The lowest BCUT2D eigenvalue weighted by Gasteiger charge is -2.48. The third-order valence-electron chi connectivity index (χ3n) is 7.12. The molecular weight excluding hydrogens is 350 g/mol. The van der Waals surface area contributed by atoms with Crippen molar-refractivity contribution in [2.45, 2.75) is 44.1 Å². The van der Waals surface area contributed by atoms with Crippen molar-refractivity contribution in [3.8, 4) is 0 Å². The molecule has 1 saturated carbocycles. The van der Waals surface area contributed by atoms with Crippen LogP contribution in [0.2, 0.25) is 0 Å². The van der Waals surface area contributed by atoms with Gasteiger partial charge in [-0.05, 0) is 43.7 Å². The summed E-state index contributed by atoms with van der Waals surface area (Å²) < 4.78 is 0. The van der Waals surface area contributed by atoms with Crippen molar-refractivity contribution in [2.24, 2.45) is 5.92 Å². The molecule has 2 aliphatic rings. The molecule has 1 N–H and O–H groups in total. The highest BCUT2D eigenvalue weighted by Crippen LogP contribution is 2.44.